The molecule has 1 atom stereocenters. The number of hydrogen-bond donors (Lipinski definition) is 4. The van der Waals surface area contributed by atoms with E-state index in [1.54, 1.807) is 24.5 Å². The van der Waals surface area contributed by atoms with Gasteiger partial charge in [-0.2, -0.15) is 5.10 Å². The van der Waals surface area contributed by atoms with Crippen molar-refractivity contribution in [2.45, 2.75) is 26.3 Å². The number of nitrogens with two attached hydrogens (primary N) is 1. The number of nitrogens with one attached hydrogen (secondary N) is 3. The number of hydrazine groups is 1. The number of pyridine rings is 1. The molecule has 106 valence electrons. The number of hydrogen-bond acceptors (Lipinski definition) is 5. The molecule has 5 N–H and O–H groups in total. The number of anilines is 1. The highest BCUT2D eigenvalue weighted by molar-refractivity contribution is 5.95. The normalized spacial score (nSPS) is 11.9. The summed E-state index contributed by atoms with van der Waals surface area (Å²) in [5.41, 5.74) is 4.72. The molecule has 2 aromatic heterocycles. The number of carbonyl (C=O) groups excluding carboxylic acids is 1. The summed E-state index contributed by atoms with van der Waals surface area (Å²) in [6, 6.07) is 3.25. The van der Waals surface area contributed by atoms with Gasteiger partial charge in [0.1, 0.15) is 5.82 Å². The van der Waals surface area contributed by atoms with Crippen molar-refractivity contribution in [1.82, 2.24) is 20.5 Å². The van der Waals surface area contributed by atoms with E-state index in [1.165, 1.54) is 0 Å². The Kier molecular flexibility index (Phi) is 4.31. The van der Waals surface area contributed by atoms with Crippen LogP contribution < -0.4 is 16.6 Å². The SMILES string of the molecule is CCc1cc(C(=O)NC(C)c2cn[nH]c2)cc(NN)n1. The molecule has 7 heteroatoms. The Morgan fingerprint density at radius 3 is 2.90 bits per heavy atom. The topological polar surface area (TPSA) is 109 Å². The maximum Gasteiger partial charge on any atom is 0.251 e. The summed E-state index contributed by atoms with van der Waals surface area (Å²) in [7, 11) is 0. The first-order valence-corrected chi connectivity index (χ1v) is 6.41. The Morgan fingerprint density at radius 1 is 1.50 bits per heavy atom. The summed E-state index contributed by atoms with van der Waals surface area (Å²) in [5, 5.41) is 9.49. The molecule has 7 nitrogen and oxygen atoms in total. The van der Waals surface area contributed by atoms with Crippen LogP contribution in [0.2, 0.25) is 0 Å². The van der Waals surface area contributed by atoms with Gasteiger partial charge in [0.2, 0.25) is 0 Å². The third-order valence-corrected chi connectivity index (χ3v) is 3.02. The number of aromatic amines is 1. The fourth-order valence-corrected chi connectivity index (χ4v) is 1.83. The van der Waals surface area contributed by atoms with Crippen molar-refractivity contribution in [2.24, 2.45) is 5.84 Å². The summed E-state index contributed by atoms with van der Waals surface area (Å²) in [6.45, 7) is 3.87. The molecule has 0 saturated carbocycles. The van der Waals surface area contributed by atoms with Gasteiger partial charge < -0.3 is 10.7 Å². The van der Waals surface area contributed by atoms with Gasteiger partial charge in [-0.05, 0) is 25.5 Å². The highest BCUT2D eigenvalue weighted by Gasteiger charge is 2.14. The molecule has 20 heavy (non-hydrogen) atoms. The molecule has 0 bridgehead atoms. The summed E-state index contributed by atoms with van der Waals surface area (Å²) in [5.74, 6) is 5.67. The zero-order valence-electron chi connectivity index (χ0n) is 11.5. The highest BCUT2D eigenvalue weighted by atomic mass is 16.1. The van der Waals surface area contributed by atoms with Crippen molar-refractivity contribution in [3.05, 3.63) is 41.3 Å². The quantitative estimate of drug-likeness (QED) is 0.483. The summed E-state index contributed by atoms with van der Waals surface area (Å²) in [4.78, 5) is 16.5. The molecule has 1 unspecified atom stereocenters. The van der Waals surface area contributed by atoms with Gasteiger partial charge in [-0.15, -0.1) is 0 Å². The van der Waals surface area contributed by atoms with E-state index in [0.717, 1.165) is 17.7 Å². The van der Waals surface area contributed by atoms with Gasteiger partial charge in [-0.3, -0.25) is 9.89 Å². The zero-order chi connectivity index (χ0) is 14.5. The van der Waals surface area contributed by atoms with E-state index < -0.39 is 0 Å². The van der Waals surface area contributed by atoms with Crippen LogP contribution in [-0.2, 0) is 6.42 Å². The zero-order valence-corrected chi connectivity index (χ0v) is 11.5. The molecule has 2 rings (SSSR count). The summed E-state index contributed by atoms with van der Waals surface area (Å²) in [6.07, 6.45) is 4.16. The van der Waals surface area contributed by atoms with Crippen LogP contribution in [0.25, 0.3) is 0 Å². The van der Waals surface area contributed by atoms with Gasteiger partial charge in [0, 0.05) is 23.0 Å². The van der Waals surface area contributed by atoms with E-state index in [4.69, 9.17) is 5.84 Å². The van der Waals surface area contributed by atoms with E-state index in [9.17, 15) is 4.79 Å². The van der Waals surface area contributed by atoms with Crippen LogP contribution in [0.1, 0.15) is 41.5 Å². The molecule has 0 saturated heterocycles. The number of rotatable bonds is 5. The van der Waals surface area contributed by atoms with Crippen molar-refractivity contribution < 1.29 is 4.79 Å². The van der Waals surface area contributed by atoms with Crippen molar-refractivity contribution >= 4 is 11.7 Å². The Balaban J connectivity index is 2.16. The second kappa shape index (κ2) is 6.16. The molecule has 0 aromatic carbocycles. The number of carbonyl (C=O) groups is 1. The molecule has 0 aliphatic carbocycles. The molecule has 2 heterocycles. The first kappa shape index (κ1) is 14.0. The summed E-state index contributed by atoms with van der Waals surface area (Å²) >= 11 is 0. The molecule has 2 aromatic rings. The van der Waals surface area contributed by atoms with Gasteiger partial charge in [-0.25, -0.2) is 10.8 Å². The molecular weight excluding hydrogens is 256 g/mol. The van der Waals surface area contributed by atoms with Gasteiger partial charge in [-0.1, -0.05) is 6.92 Å². The van der Waals surface area contributed by atoms with Crippen LogP contribution in [0.5, 0.6) is 0 Å². The molecule has 0 aliphatic rings. The van der Waals surface area contributed by atoms with E-state index in [0.29, 0.717) is 11.4 Å². The second-order valence-corrected chi connectivity index (χ2v) is 4.46. The minimum atomic E-state index is -0.174. The average molecular weight is 274 g/mol. The predicted molar refractivity (Wildman–Crippen MR) is 75.9 cm³/mol. The maximum absolute atomic E-state index is 12.2. The van der Waals surface area contributed by atoms with Gasteiger partial charge in [0.25, 0.3) is 5.91 Å². The molecule has 0 spiro atoms. The first-order valence-electron chi connectivity index (χ1n) is 6.41. The third-order valence-electron chi connectivity index (χ3n) is 3.02. The number of nitrogen functional groups attached to an aromatic ring is 1. The van der Waals surface area contributed by atoms with Gasteiger partial charge in [0.15, 0.2) is 0 Å². The monoisotopic (exact) mass is 274 g/mol. The average Bonchev–Trinajstić information content (AvgIpc) is 3.00. The fraction of sp³-hybridized carbons (Fsp3) is 0.308. The molecule has 1 amide bonds. The Bertz CT molecular complexity index is 558. The molecule has 0 radical (unpaired) electrons. The van der Waals surface area contributed by atoms with Crippen molar-refractivity contribution in [3.63, 3.8) is 0 Å². The van der Waals surface area contributed by atoms with E-state index in [2.05, 4.69) is 25.9 Å². The Morgan fingerprint density at radius 2 is 2.30 bits per heavy atom. The number of aromatic nitrogens is 3. The lowest BCUT2D eigenvalue weighted by atomic mass is 10.1. The van der Waals surface area contributed by atoms with Crippen molar-refractivity contribution in [2.75, 3.05) is 5.43 Å². The smallest absolute Gasteiger partial charge is 0.251 e. The molecular formula is C13H18N6O. The standard InChI is InChI=1S/C13H18N6O/c1-3-11-4-9(5-12(18-11)19-14)13(20)17-8(2)10-6-15-16-7-10/h4-8H,3,14H2,1-2H3,(H,15,16)(H,17,20)(H,18,19). The van der Waals surface area contributed by atoms with E-state index in [1.807, 2.05) is 13.8 Å². The minimum Gasteiger partial charge on any atom is -0.345 e. The van der Waals surface area contributed by atoms with Gasteiger partial charge in [0.05, 0.1) is 12.2 Å². The molecule has 0 fully saturated rings. The summed E-state index contributed by atoms with van der Waals surface area (Å²) < 4.78 is 0. The second-order valence-electron chi connectivity index (χ2n) is 4.46. The number of amides is 1. The lowest BCUT2D eigenvalue weighted by Crippen LogP contribution is -2.27. The van der Waals surface area contributed by atoms with Crippen LogP contribution in [0.3, 0.4) is 0 Å². The van der Waals surface area contributed by atoms with Crippen LogP contribution in [0, 0.1) is 0 Å². The van der Waals surface area contributed by atoms with Crippen LogP contribution >= 0.6 is 0 Å². The lowest BCUT2D eigenvalue weighted by Gasteiger charge is -2.13. The van der Waals surface area contributed by atoms with Crippen LogP contribution in [0.4, 0.5) is 5.82 Å². The maximum atomic E-state index is 12.2. The van der Waals surface area contributed by atoms with Crippen molar-refractivity contribution in [1.29, 1.82) is 0 Å². The lowest BCUT2D eigenvalue weighted by molar-refractivity contribution is 0.0939. The third kappa shape index (κ3) is 3.12. The number of H-pyrrole nitrogens is 1. The number of nitrogens with zero attached hydrogens (tertiary/aromatic N) is 2. The predicted octanol–water partition coefficient (Wildman–Crippen LogP) is 1.14. The highest BCUT2D eigenvalue weighted by Crippen LogP contribution is 2.14. The number of aryl methyl sites for hydroxylation is 1. The van der Waals surface area contributed by atoms with E-state index in [-0.39, 0.29) is 11.9 Å². The Hall–Kier alpha value is -2.41. The largest absolute Gasteiger partial charge is 0.345 e. The van der Waals surface area contributed by atoms with E-state index >= 15 is 0 Å². The van der Waals surface area contributed by atoms with Crippen LogP contribution in [0.15, 0.2) is 24.5 Å². The first-order chi connectivity index (χ1) is 9.63. The minimum absolute atomic E-state index is 0.131. The van der Waals surface area contributed by atoms with Crippen molar-refractivity contribution in [3.8, 4) is 0 Å². The fourth-order valence-electron chi connectivity index (χ4n) is 1.83. The van der Waals surface area contributed by atoms with Crippen LogP contribution in [-0.4, -0.2) is 21.1 Å². The molecule has 0 aliphatic heterocycles. The Labute approximate surface area is 117 Å². The van der Waals surface area contributed by atoms with Gasteiger partial charge >= 0.3 is 0 Å².